The Morgan fingerprint density at radius 3 is 2.77 bits per heavy atom. The van der Waals surface area contributed by atoms with Gasteiger partial charge in [-0.15, -0.1) is 11.6 Å². The lowest BCUT2D eigenvalue weighted by Gasteiger charge is -2.25. The zero-order valence-corrected chi connectivity index (χ0v) is 7.70. The Balaban J connectivity index is 1.96. The van der Waals surface area contributed by atoms with Gasteiger partial charge in [-0.05, 0) is 0 Å². The molecule has 1 aromatic rings. The summed E-state index contributed by atoms with van der Waals surface area (Å²) in [6, 6.07) is 0. The molecule has 0 saturated carbocycles. The first-order valence-corrected chi connectivity index (χ1v) is 4.53. The Bertz CT molecular complexity index is 274. The molecule has 4 nitrogen and oxygen atoms in total. The van der Waals surface area contributed by atoms with Crippen molar-refractivity contribution in [1.29, 1.82) is 0 Å². The summed E-state index contributed by atoms with van der Waals surface area (Å²) in [5.41, 5.74) is 0.749. The first kappa shape index (κ1) is 8.72. The molecule has 0 aliphatic carbocycles. The van der Waals surface area contributed by atoms with Crippen LogP contribution in [0.1, 0.15) is 5.69 Å². The number of rotatable bonds is 3. The Morgan fingerprint density at radius 1 is 1.46 bits per heavy atom. The number of hydrogen-bond donors (Lipinski definition) is 0. The molecule has 0 atom stereocenters. The molecule has 0 amide bonds. The van der Waals surface area contributed by atoms with Gasteiger partial charge in [0.2, 0.25) is 5.88 Å². The molecule has 0 radical (unpaired) electrons. The van der Waals surface area contributed by atoms with Gasteiger partial charge in [0.15, 0.2) is 0 Å². The zero-order valence-electron chi connectivity index (χ0n) is 6.94. The highest BCUT2D eigenvalue weighted by atomic mass is 35.5. The molecule has 2 rings (SSSR count). The molecule has 1 aliphatic heterocycles. The molecule has 1 saturated heterocycles. The predicted octanol–water partition coefficient (Wildman–Crippen LogP) is 0.993. The third-order valence-electron chi connectivity index (χ3n) is 1.71. The van der Waals surface area contributed by atoms with Crippen molar-refractivity contribution >= 4 is 11.6 Å². The van der Waals surface area contributed by atoms with Crippen LogP contribution in [0.4, 0.5) is 0 Å². The standard InChI is InChI=1S/C8H9ClN2O2/c9-1-6-2-11-8(3-10-6)13-7-4-12-5-7/h2-3,7H,1,4-5H2. The van der Waals surface area contributed by atoms with E-state index in [2.05, 4.69) is 9.97 Å². The molecule has 0 N–H and O–H groups in total. The maximum Gasteiger partial charge on any atom is 0.232 e. The van der Waals surface area contributed by atoms with Crippen LogP contribution in [0.15, 0.2) is 12.4 Å². The van der Waals surface area contributed by atoms with Gasteiger partial charge in [0.25, 0.3) is 0 Å². The number of hydrogen-bond acceptors (Lipinski definition) is 4. The third-order valence-corrected chi connectivity index (χ3v) is 1.99. The van der Waals surface area contributed by atoms with Gasteiger partial charge in [-0.25, -0.2) is 4.98 Å². The summed E-state index contributed by atoms with van der Waals surface area (Å²) in [4.78, 5) is 8.09. The normalized spacial score (nSPS) is 16.7. The lowest BCUT2D eigenvalue weighted by molar-refractivity contribution is -0.0814. The molecule has 0 spiro atoms. The maximum absolute atomic E-state index is 5.56. The highest BCUT2D eigenvalue weighted by molar-refractivity contribution is 6.16. The van der Waals surface area contributed by atoms with Crippen LogP contribution in [-0.4, -0.2) is 29.3 Å². The van der Waals surface area contributed by atoms with Crippen LogP contribution in [0, 0.1) is 0 Å². The van der Waals surface area contributed by atoms with E-state index in [4.69, 9.17) is 21.1 Å². The van der Waals surface area contributed by atoms with Gasteiger partial charge in [-0.1, -0.05) is 0 Å². The second-order valence-corrected chi connectivity index (χ2v) is 3.02. The molecule has 13 heavy (non-hydrogen) atoms. The van der Waals surface area contributed by atoms with Crippen LogP contribution in [0.2, 0.25) is 0 Å². The lowest BCUT2D eigenvalue weighted by atomic mass is 10.3. The monoisotopic (exact) mass is 200 g/mol. The average Bonchev–Trinajstić information content (AvgIpc) is 2.12. The molecule has 1 aliphatic rings. The topological polar surface area (TPSA) is 44.2 Å². The van der Waals surface area contributed by atoms with E-state index in [1.54, 1.807) is 12.4 Å². The Kier molecular flexibility index (Phi) is 2.61. The SMILES string of the molecule is ClCc1cnc(OC2COC2)cn1. The van der Waals surface area contributed by atoms with E-state index in [0.717, 1.165) is 5.69 Å². The smallest absolute Gasteiger partial charge is 0.232 e. The van der Waals surface area contributed by atoms with Crippen molar-refractivity contribution in [3.63, 3.8) is 0 Å². The van der Waals surface area contributed by atoms with Gasteiger partial charge in [-0.3, -0.25) is 4.98 Å². The number of halogens is 1. The minimum absolute atomic E-state index is 0.135. The minimum Gasteiger partial charge on any atom is -0.468 e. The fourth-order valence-corrected chi connectivity index (χ4v) is 1.06. The van der Waals surface area contributed by atoms with Crippen LogP contribution in [0.25, 0.3) is 0 Å². The molecular weight excluding hydrogens is 192 g/mol. The van der Waals surface area contributed by atoms with Crippen molar-refractivity contribution in [3.8, 4) is 5.88 Å². The van der Waals surface area contributed by atoms with Crippen LogP contribution in [-0.2, 0) is 10.6 Å². The van der Waals surface area contributed by atoms with Gasteiger partial charge >= 0.3 is 0 Å². The molecule has 2 heterocycles. The Morgan fingerprint density at radius 2 is 2.31 bits per heavy atom. The maximum atomic E-state index is 5.56. The largest absolute Gasteiger partial charge is 0.468 e. The van der Waals surface area contributed by atoms with Crippen LogP contribution < -0.4 is 4.74 Å². The van der Waals surface area contributed by atoms with Crippen LogP contribution in [0.5, 0.6) is 5.88 Å². The number of nitrogens with zero attached hydrogens (tertiary/aromatic N) is 2. The van der Waals surface area contributed by atoms with Gasteiger partial charge in [0, 0.05) is 0 Å². The summed E-state index contributed by atoms with van der Waals surface area (Å²) >= 11 is 5.56. The van der Waals surface area contributed by atoms with Crippen molar-refractivity contribution in [2.24, 2.45) is 0 Å². The second-order valence-electron chi connectivity index (χ2n) is 2.76. The average molecular weight is 201 g/mol. The third kappa shape index (κ3) is 2.08. The lowest BCUT2D eigenvalue weighted by Crippen LogP contribution is -2.38. The molecule has 5 heteroatoms. The van der Waals surface area contributed by atoms with Gasteiger partial charge in [0.1, 0.15) is 6.10 Å². The number of ether oxygens (including phenoxy) is 2. The Hall–Kier alpha value is -0.870. The van der Waals surface area contributed by atoms with Crippen LogP contribution in [0.3, 0.4) is 0 Å². The van der Waals surface area contributed by atoms with Crippen molar-refractivity contribution in [1.82, 2.24) is 9.97 Å². The van der Waals surface area contributed by atoms with Crippen LogP contribution >= 0.6 is 11.6 Å². The first-order chi connectivity index (χ1) is 6.38. The number of alkyl halides is 1. The first-order valence-electron chi connectivity index (χ1n) is 4.00. The molecule has 0 unspecified atom stereocenters. The number of aromatic nitrogens is 2. The quantitative estimate of drug-likeness (QED) is 0.683. The summed E-state index contributed by atoms with van der Waals surface area (Å²) in [7, 11) is 0. The van der Waals surface area contributed by atoms with Gasteiger partial charge in [-0.2, -0.15) is 0 Å². The van der Waals surface area contributed by atoms with Crippen molar-refractivity contribution in [2.45, 2.75) is 12.0 Å². The summed E-state index contributed by atoms with van der Waals surface area (Å²) < 4.78 is 10.4. The van der Waals surface area contributed by atoms with Gasteiger partial charge in [0.05, 0.1) is 37.2 Å². The van der Waals surface area contributed by atoms with E-state index in [1.165, 1.54) is 0 Å². The molecule has 0 aromatic carbocycles. The van der Waals surface area contributed by atoms with E-state index < -0.39 is 0 Å². The van der Waals surface area contributed by atoms with Crippen molar-refractivity contribution in [3.05, 3.63) is 18.1 Å². The molecule has 1 aromatic heterocycles. The molecular formula is C8H9ClN2O2. The fourth-order valence-electron chi connectivity index (χ4n) is 0.926. The van der Waals surface area contributed by atoms with E-state index in [-0.39, 0.29) is 6.10 Å². The second kappa shape index (κ2) is 3.89. The summed E-state index contributed by atoms with van der Waals surface area (Å²) in [5, 5.41) is 0. The van der Waals surface area contributed by atoms with E-state index >= 15 is 0 Å². The van der Waals surface area contributed by atoms with E-state index in [1.807, 2.05) is 0 Å². The molecule has 0 bridgehead atoms. The minimum atomic E-state index is 0.135. The summed E-state index contributed by atoms with van der Waals surface area (Å²) in [6.45, 7) is 1.28. The summed E-state index contributed by atoms with van der Waals surface area (Å²) in [5.74, 6) is 0.905. The fraction of sp³-hybridized carbons (Fsp3) is 0.500. The van der Waals surface area contributed by atoms with E-state index in [0.29, 0.717) is 25.0 Å². The van der Waals surface area contributed by atoms with E-state index in [9.17, 15) is 0 Å². The highest BCUT2D eigenvalue weighted by Gasteiger charge is 2.20. The molecule has 70 valence electrons. The zero-order chi connectivity index (χ0) is 9.10. The van der Waals surface area contributed by atoms with Crippen molar-refractivity contribution < 1.29 is 9.47 Å². The van der Waals surface area contributed by atoms with Gasteiger partial charge < -0.3 is 9.47 Å². The highest BCUT2D eigenvalue weighted by Crippen LogP contribution is 2.12. The summed E-state index contributed by atoms with van der Waals surface area (Å²) in [6.07, 6.45) is 3.33. The molecule has 1 fully saturated rings. The predicted molar refractivity (Wildman–Crippen MR) is 46.8 cm³/mol. The Labute approximate surface area is 80.9 Å². The van der Waals surface area contributed by atoms with Crippen molar-refractivity contribution in [2.75, 3.05) is 13.2 Å².